The number of carbonyl (C=O) groups excluding carboxylic acids is 1. The molecule has 1 aromatic carbocycles. The normalized spacial score (nSPS) is 21.5. The van der Waals surface area contributed by atoms with Gasteiger partial charge < -0.3 is 24.2 Å². The van der Waals surface area contributed by atoms with E-state index in [1.165, 1.54) is 0 Å². The Hall–Kier alpha value is -1.79. The molecule has 1 saturated heterocycles. The molecule has 6 heteroatoms. The molecule has 1 heterocycles. The molecular weight excluding hydrogens is 286 g/mol. The molecule has 0 unspecified atom stereocenters. The zero-order chi connectivity index (χ0) is 16.1. The standard InChI is InChI=1S/C16H23NO5/c1-4-15(19)17-7-8-22-14(10-18)16(17)11-5-6-12(20-2)13(9-11)21-3/h5-6,9,14,16,18H,4,7-8,10H2,1-3H3/t14-,16-/m1/s1. The van der Waals surface area contributed by atoms with Crippen LogP contribution in [-0.4, -0.2) is 56.0 Å². The third-order valence-corrected chi connectivity index (χ3v) is 3.90. The SMILES string of the molecule is CCC(=O)N1CCO[C@H](CO)[C@H]1c1ccc(OC)c(OC)c1. The molecule has 1 fully saturated rings. The second kappa shape index (κ2) is 7.47. The molecule has 1 amide bonds. The van der Waals surface area contributed by atoms with Crippen LogP contribution in [0.25, 0.3) is 0 Å². The lowest BCUT2D eigenvalue weighted by Crippen LogP contribution is -2.49. The van der Waals surface area contributed by atoms with Gasteiger partial charge in [0.05, 0.1) is 33.5 Å². The zero-order valence-corrected chi connectivity index (χ0v) is 13.2. The lowest BCUT2D eigenvalue weighted by Gasteiger charge is -2.41. The molecule has 0 spiro atoms. The molecular formula is C16H23NO5. The van der Waals surface area contributed by atoms with Gasteiger partial charge in [0.1, 0.15) is 6.10 Å². The fourth-order valence-corrected chi connectivity index (χ4v) is 2.80. The lowest BCUT2D eigenvalue weighted by molar-refractivity contribution is -0.149. The van der Waals surface area contributed by atoms with E-state index in [9.17, 15) is 9.90 Å². The van der Waals surface area contributed by atoms with Gasteiger partial charge in [0.25, 0.3) is 0 Å². The van der Waals surface area contributed by atoms with Crippen molar-refractivity contribution in [2.24, 2.45) is 0 Å². The maximum Gasteiger partial charge on any atom is 0.222 e. The van der Waals surface area contributed by atoms with Crippen molar-refractivity contribution in [2.45, 2.75) is 25.5 Å². The summed E-state index contributed by atoms with van der Waals surface area (Å²) in [4.78, 5) is 14.0. The van der Waals surface area contributed by atoms with E-state index >= 15 is 0 Å². The number of aliphatic hydroxyl groups excluding tert-OH is 1. The van der Waals surface area contributed by atoms with E-state index in [-0.39, 0.29) is 18.6 Å². The van der Waals surface area contributed by atoms with Crippen LogP contribution in [0.2, 0.25) is 0 Å². The monoisotopic (exact) mass is 309 g/mol. The van der Waals surface area contributed by atoms with Crippen LogP contribution in [0, 0.1) is 0 Å². The number of amides is 1. The first-order chi connectivity index (χ1) is 10.7. The number of hydrogen-bond donors (Lipinski definition) is 1. The van der Waals surface area contributed by atoms with Gasteiger partial charge >= 0.3 is 0 Å². The molecule has 122 valence electrons. The first-order valence-electron chi connectivity index (χ1n) is 7.40. The highest BCUT2D eigenvalue weighted by Gasteiger charge is 2.35. The van der Waals surface area contributed by atoms with Crippen LogP contribution >= 0.6 is 0 Å². The van der Waals surface area contributed by atoms with Crippen LogP contribution in [-0.2, 0) is 9.53 Å². The zero-order valence-electron chi connectivity index (χ0n) is 13.2. The molecule has 0 bridgehead atoms. The van der Waals surface area contributed by atoms with Crippen molar-refractivity contribution in [1.82, 2.24) is 4.90 Å². The smallest absolute Gasteiger partial charge is 0.222 e. The molecule has 0 aromatic heterocycles. The first kappa shape index (κ1) is 16.6. The summed E-state index contributed by atoms with van der Waals surface area (Å²) in [6, 6.07) is 5.17. The third kappa shape index (κ3) is 3.18. The van der Waals surface area contributed by atoms with Gasteiger partial charge in [0.15, 0.2) is 11.5 Å². The molecule has 0 aliphatic carbocycles. The summed E-state index contributed by atoms with van der Waals surface area (Å²) < 4.78 is 16.2. The quantitative estimate of drug-likeness (QED) is 0.890. The Morgan fingerprint density at radius 2 is 2.09 bits per heavy atom. The summed E-state index contributed by atoms with van der Waals surface area (Å²) >= 11 is 0. The topological polar surface area (TPSA) is 68.2 Å². The van der Waals surface area contributed by atoms with E-state index in [1.807, 2.05) is 19.1 Å². The van der Waals surface area contributed by atoms with Gasteiger partial charge in [0, 0.05) is 13.0 Å². The first-order valence-corrected chi connectivity index (χ1v) is 7.40. The minimum Gasteiger partial charge on any atom is -0.493 e. The van der Waals surface area contributed by atoms with E-state index in [0.29, 0.717) is 31.1 Å². The van der Waals surface area contributed by atoms with E-state index in [0.717, 1.165) is 5.56 Å². The maximum atomic E-state index is 12.2. The second-order valence-electron chi connectivity index (χ2n) is 5.09. The fraction of sp³-hybridized carbons (Fsp3) is 0.562. The van der Waals surface area contributed by atoms with Crippen molar-refractivity contribution < 1.29 is 24.1 Å². The molecule has 1 N–H and O–H groups in total. The van der Waals surface area contributed by atoms with Gasteiger partial charge in [-0.3, -0.25) is 4.79 Å². The summed E-state index contributed by atoms with van der Waals surface area (Å²) in [5.41, 5.74) is 0.859. The molecule has 22 heavy (non-hydrogen) atoms. The van der Waals surface area contributed by atoms with E-state index in [1.54, 1.807) is 25.2 Å². The average Bonchev–Trinajstić information content (AvgIpc) is 2.59. The van der Waals surface area contributed by atoms with Gasteiger partial charge in [-0.2, -0.15) is 0 Å². The van der Waals surface area contributed by atoms with Gasteiger partial charge in [0.2, 0.25) is 5.91 Å². The van der Waals surface area contributed by atoms with Gasteiger partial charge in [-0.15, -0.1) is 0 Å². The lowest BCUT2D eigenvalue weighted by atomic mass is 9.97. The Morgan fingerprint density at radius 3 is 2.68 bits per heavy atom. The number of rotatable bonds is 5. The molecule has 2 rings (SSSR count). The number of benzene rings is 1. The molecule has 1 aliphatic rings. The summed E-state index contributed by atoms with van der Waals surface area (Å²) in [5.74, 6) is 1.25. The minimum atomic E-state index is -0.442. The van der Waals surface area contributed by atoms with Crippen LogP contribution in [0.15, 0.2) is 18.2 Å². The third-order valence-electron chi connectivity index (χ3n) is 3.90. The van der Waals surface area contributed by atoms with E-state index in [4.69, 9.17) is 14.2 Å². The summed E-state index contributed by atoms with van der Waals surface area (Å²) in [7, 11) is 3.14. The number of ether oxygens (including phenoxy) is 3. The molecule has 2 atom stereocenters. The number of methoxy groups -OCH3 is 2. The molecule has 6 nitrogen and oxygen atoms in total. The number of aliphatic hydroxyl groups is 1. The van der Waals surface area contributed by atoms with Gasteiger partial charge in [-0.1, -0.05) is 13.0 Å². The largest absolute Gasteiger partial charge is 0.493 e. The van der Waals surface area contributed by atoms with Crippen molar-refractivity contribution >= 4 is 5.91 Å². The van der Waals surface area contributed by atoms with Crippen molar-refractivity contribution in [3.8, 4) is 11.5 Å². The number of morpholine rings is 1. The minimum absolute atomic E-state index is 0.0431. The highest BCUT2D eigenvalue weighted by molar-refractivity contribution is 5.76. The molecule has 1 aliphatic heterocycles. The van der Waals surface area contributed by atoms with Crippen molar-refractivity contribution in [2.75, 3.05) is 34.0 Å². The van der Waals surface area contributed by atoms with E-state index < -0.39 is 6.10 Å². The fourth-order valence-electron chi connectivity index (χ4n) is 2.80. The highest BCUT2D eigenvalue weighted by Crippen LogP contribution is 2.35. The Morgan fingerprint density at radius 1 is 1.36 bits per heavy atom. The number of hydrogen-bond acceptors (Lipinski definition) is 5. The summed E-state index contributed by atoms with van der Waals surface area (Å²) in [5, 5.41) is 9.60. The van der Waals surface area contributed by atoms with Crippen molar-refractivity contribution in [1.29, 1.82) is 0 Å². The van der Waals surface area contributed by atoms with E-state index in [2.05, 4.69) is 0 Å². The number of carbonyl (C=O) groups is 1. The van der Waals surface area contributed by atoms with Crippen LogP contribution in [0.1, 0.15) is 24.9 Å². The maximum absolute atomic E-state index is 12.2. The van der Waals surface area contributed by atoms with Crippen LogP contribution in [0.4, 0.5) is 0 Å². The molecule has 0 radical (unpaired) electrons. The Bertz CT molecular complexity index is 519. The molecule has 1 aromatic rings. The Balaban J connectivity index is 2.41. The summed E-state index contributed by atoms with van der Waals surface area (Å²) in [6.07, 6.45) is -0.0237. The van der Waals surface area contributed by atoms with Crippen LogP contribution in [0.5, 0.6) is 11.5 Å². The molecule has 0 saturated carbocycles. The highest BCUT2D eigenvalue weighted by atomic mass is 16.5. The Kier molecular flexibility index (Phi) is 5.63. The van der Waals surface area contributed by atoms with Crippen molar-refractivity contribution in [3.05, 3.63) is 23.8 Å². The predicted octanol–water partition coefficient (Wildman–Crippen LogP) is 1.37. The van der Waals surface area contributed by atoms with Crippen LogP contribution in [0.3, 0.4) is 0 Å². The summed E-state index contributed by atoms with van der Waals surface area (Å²) in [6.45, 7) is 2.63. The van der Waals surface area contributed by atoms with Gasteiger partial charge in [-0.25, -0.2) is 0 Å². The van der Waals surface area contributed by atoms with Crippen LogP contribution < -0.4 is 9.47 Å². The second-order valence-corrected chi connectivity index (χ2v) is 5.09. The van der Waals surface area contributed by atoms with Crippen molar-refractivity contribution in [3.63, 3.8) is 0 Å². The number of nitrogens with zero attached hydrogens (tertiary/aromatic N) is 1. The average molecular weight is 309 g/mol. The van der Waals surface area contributed by atoms with Gasteiger partial charge in [-0.05, 0) is 17.7 Å². The Labute approximate surface area is 130 Å². The predicted molar refractivity (Wildman–Crippen MR) is 81.1 cm³/mol.